The van der Waals surface area contributed by atoms with Crippen LogP contribution in [0.15, 0.2) is 0 Å². The Kier molecular flexibility index (Phi) is 5.05. The van der Waals surface area contributed by atoms with Crippen molar-refractivity contribution in [2.45, 2.75) is 58.6 Å². The van der Waals surface area contributed by atoms with E-state index in [-0.39, 0.29) is 0 Å². The largest absolute Gasteiger partial charge is 0.376 e. The third-order valence-electron chi connectivity index (χ3n) is 4.62. The van der Waals surface area contributed by atoms with Gasteiger partial charge in [-0.3, -0.25) is 4.90 Å². The average molecular weight is 254 g/mol. The first kappa shape index (κ1) is 14.3. The number of piperidine rings is 1. The molecule has 2 rings (SSSR count). The lowest BCUT2D eigenvalue weighted by atomic mass is 9.76. The van der Waals surface area contributed by atoms with Crippen molar-refractivity contribution in [2.24, 2.45) is 5.41 Å². The minimum atomic E-state index is 0.399. The number of hydrogen-bond acceptors (Lipinski definition) is 3. The Bertz CT molecular complexity index is 245. The summed E-state index contributed by atoms with van der Waals surface area (Å²) in [6, 6.07) is 0.580. The van der Waals surface area contributed by atoms with Crippen molar-refractivity contribution in [2.75, 3.05) is 32.8 Å². The van der Waals surface area contributed by atoms with Crippen LogP contribution >= 0.6 is 0 Å². The van der Waals surface area contributed by atoms with Gasteiger partial charge in [0.1, 0.15) is 0 Å². The molecule has 2 fully saturated rings. The van der Waals surface area contributed by atoms with E-state index in [1.807, 2.05) is 0 Å². The van der Waals surface area contributed by atoms with Crippen molar-refractivity contribution < 1.29 is 4.74 Å². The van der Waals surface area contributed by atoms with E-state index in [1.165, 1.54) is 45.3 Å². The molecule has 0 saturated carbocycles. The quantitative estimate of drug-likeness (QED) is 0.833. The van der Waals surface area contributed by atoms with Crippen LogP contribution in [0.5, 0.6) is 0 Å². The Hall–Kier alpha value is -0.120. The molecule has 3 atom stereocenters. The van der Waals surface area contributed by atoms with Gasteiger partial charge in [0.25, 0.3) is 0 Å². The third kappa shape index (κ3) is 3.46. The summed E-state index contributed by atoms with van der Waals surface area (Å²) < 4.78 is 5.75. The smallest absolute Gasteiger partial charge is 0.0674 e. The standard InChI is InChI=1S/C15H30N2O/c1-4-6-15(7-5-8-16-11-15)12-17-9-14(3)18-10-13(17)2/h13-14,16H,4-12H2,1-3H3. The summed E-state index contributed by atoms with van der Waals surface area (Å²) in [7, 11) is 0. The number of hydrogen-bond donors (Lipinski definition) is 1. The van der Waals surface area contributed by atoms with E-state index in [0.717, 1.165) is 13.2 Å². The van der Waals surface area contributed by atoms with Gasteiger partial charge in [-0.15, -0.1) is 0 Å². The van der Waals surface area contributed by atoms with Crippen LogP contribution in [0.4, 0.5) is 0 Å². The SMILES string of the molecule is CCCC1(CN2CC(C)OCC2C)CCCNC1. The van der Waals surface area contributed by atoms with Gasteiger partial charge in [0, 0.05) is 25.7 Å². The van der Waals surface area contributed by atoms with Crippen LogP contribution in [0.1, 0.15) is 46.5 Å². The highest BCUT2D eigenvalue weighted by molar-refractivity contribution is 4.90. The van der Waals surface area contributed by atoms with Gasteiger partial charge in [-0.2, -0.15) is 0 Å². The van der Waals surface area contributed by atoms with Gasteiger partial charge in [0.15, 0.2) is 0 Å². The van der Waals surface area contributed by atoms with Gasteiger partial charge in [-0.25, -0.2) is 0 Å². The van der Waals surface area contributed by atoms with Crippen LogP contribution in [0.25, 0.3) is 0 Å². The molecule has 2 aliphatic rings. The molecular weight excluding hydrogens is 224 g/mol. The van der Waals surface area contributed by atoms with Crippen LogP contribution < -0.4 is 5.32 Å². The maximum Gasteiger partial charge on any atom is 0.0674 e. The number of ether oxygens (including phenoxy) is 1. The first-order chi connectivity index (χ1) is 8.65. The molecule has 2 saturated heterocycles. The lowest BCUT2D eigenvalue weighted by Crippen LogP contribution is -2.54. The Labute approximate surface area is 112 Å². The van der Waals surface area contributed by atoms with E-state index in [2.05, 4.69) is 31.0 Å². The van der Waals surface area contributed by atoms with Crippen LogP contribution in [0.3, 0.4) is 0 Å². The Morgan fingerprint density at radius 3 is 2.89 bits per heavy atom. The van der Waals surface area contributed by atoms with Crippen molar-refractivity contribution in [3.8, 4) is 0 Å². The lowest BCUT2D eigenvalue weighted by molar-refractivity contribution is -0.0665. The normalized spacial score (nSPS) is 38.8. The topological polar surface area (TPSA) is 24.5 Å². The monoisotopic (exact) mass is 254 g/mol. The van der Waals surface area contributed by atoms with Gasteiger partial charge in [-0.05, 0) is 45.1 Å². The first-order valence-corrected chi connectivity index (χ1v) is 7.71. The molecule has 0 amide bonds. The summed E-state index contributed by atoms with van der Waals surface area (Å²) in [4.78, 5) is 2.66. The molecule has 0 bridgehead atoms. The highest BCUT2D eigenvalue weighted by Gasteiger charge is 2.36. The maximum absolute atomic E-state index is 5.75. The molecule has 3 heteroatoms. The minimum absolute atomic E-state index is 0.399. The number of nitrogens with zero attached hydrogens (tertiary/aromatic N) is 1. The molecule has 106 valence electrons. The van der Waals surface area contributed by atoms with Crippen LogP contribution in [-0.2, 0) is 4.74 Å². The van der Waals surface area contributed by atoms with Gasteiger partial charge in [0.2, 0.25) is 0 Å². The molecule has 2 heterocycles. The van der Waals surface area contributed by atoms with Crippen molar-refractivity contribution in [3.63, 3.8) is 0 Å². The Morgan fingerprint density at radius 1 is 1.39 bits per heavy atom. The molecule has 0 radical (unpaired) electrons. The zero-order chi connectivity index (χ0) is 13.0. The van der Waals surface area contributed by atoms with E-state index in [0.29, 0.717) is 17.6 Å². The second-order valence-electron chi connectivity index (χ2n) is 6.45. The van der Waals surface area contributed by atoms with Crippen molar-refractivity contribution in [1.29, 1.82) is 0 Å². The molecule has 0 aromatic heterocycles. The summed E-state index contributed by atoms with van der Waals surface area (Å²) in [6.45, 7) is 12.5. The minimum Gasteiger partial charge on any atom is -0.376 e. The summed E-state index contributed by atoms with van der Waals surface area (Å²) in [6.07, 6.45) is 5.80. The first-order valence-electron chi connectivity index (χ1n) is 7.71. The summed E-state index contributed by atoms with van der Waals surface area (Å²) >= 11 is 0. The van der Waals surface area contributed by atoms with Gasteiger partial charge in [0.05, 0.1) is 12.7 Å². The van der Waals surface area contributed by atoms with Gasteiger partial charge in [-0.1, -0.05) is 13.3 Å². The van der Waals surface area contributed by atoms with E-state index < -0.39 is 0 Å². The second kappa shape index (κ2) is 6.36. The Morgan fingerprint density at radius 2 is 2.22 bits per heavy atom. The number of nitrogens with one attached hydrogen (secondary N) is 1. The van der Waals surface area contributed by atoms with E-state index >= 15 is 0 Å². The predicted octanol–water partition coefficient (Wildman–Crippen LogP) is 2.27. The zero-order valence-corrected chi connectivity index (χ0v) is 12.4. The van der Waals surface area contributed by atoms with E-state index in [1.54, 1.807) is 0 Å². The number of rotatable bonds is 4. The average Bonchev–Trinajstić information content (AvgIpc) is 2.35. The van der Waals surface area contributed by atoms with Gasteiger partial charge >= 0.3 is 0 Å². The van der Waals surface area contributed by atoms with Gasteiger partial charge < -0.3 is 10.1 Å². The molecule has 0 aromatic carbocycles. The van der Waals surface area contributed by atoms with Crippen LogP contribution in [-0.4, -0.2) is 49.8 Å². The third-order valence-corrected chi connectivity index (χ3v) is 4.62. The lowest BCUT2D eigenvalue weighted by Gasteiger charge is -2.46. The van der Waals surface area contributed by atoms with Crippen molar-refractivity contribution >= 4 is 0 Å². The fourth-order valence-electron chi connectivity index (χ4n) is 3.61. The molecule has 1 N–H and O–H groups in total. The molecule has 0 aliphatic carbocycles. The molecular formula is C15H30N2O. The highest BCUT2D eigenvalue weighted by Crippen LogP contribution is 2.33. The predicted molar refractivity (Wildman–Crippen MR) is 75.9 cm³/mol. The van der Waals surface area contributed by atoms with Crippen molar-refractivity contribution in [1.82, 2.24) is 10.2 Å². The molecule has 3 nitrogen and oxygen atoms in total. The molecule has 0 spiro atoms. The number of morpholine rings is 1. The van der Waals surface area contributed by atoms with Crippen LogP contribution in [0, 0.1) is 5.41 Å². The summed E-state index contributed by atoms with van der Waals surface area (Å²) in [5, 5.41) is 3.62. The van der Waals surface area contributed by atoms with E-state index in [4.69, 9.17) is 4.74 Å². The summed E-state index contributed by atoms with van der Waals surface area (Å²) in [5.74, 6) is 0. The second-order valence-corrected chi connectivity index (χ2v) is 6.45. The fraction of sp³-hybridized carbons (Fsp3) is 1.00. The molecule has 18 heavy (non-hydrogen) atoms. The maximum atomic E-state index is 5.75. The highest BCUT2D eigenvalue weighted by atomic mass is 16.5. The zero-order valence-electron chi connectivity index (χ0n) is 12.4. The van der Waals surface area contributed by atoms with Crippen molar-refractivity contribution in [3.05, 3.63) is 0 Å². The molecule has 3 unspecified atom stereocenters. The molecule has 0 aromatic rings. The molecule has 2 aliphatic heterocycles. The van der Waals surface area contributed by atoms with Crippen LogP contribution in [0.2, 0.25) is 0 Å². The fourth-order valence-corrected chi connectivity index (χ4v) is 3.61. The Balaban J connectivity index is 1.98. The van der Waals surface area contributed by atoms with E-state index in [9.17, 15) is 0 Å². The summed E-state index contributed by atoms with van der Waals surface area (Å²) in [5.41, 5.74) is 0.512.